The predicted octanol–water partition coefficient (Wildman–Crippen LogP) is 0.956. The molecule has 0 saturated heterocycles. The number of thiocarbonyl (C=S) groups is 1. The van der Waals surface area contributed by atoms with Crippen LogP contribution in [-0.2, 0) is 0 Å². The van der Waals surface area contributed by atoms with Crippen LogP contribution in [0, 0.1) is 0 Å². The van der Waals surface area contributed by atoms with Crippen LogP contribution in [0.5, 0.6) is 0 Å². The van der Waals surface area contributed by atoms with E-state index >= 15 is 0 Å². The minimum Gasteiger partial charge on any atom is -0.0851 e. The van der Waals surface area contributed by atoms with Gasteiger partial charge in [-0.25, -0.2) is 0 Å². The topological polar surface area (TPSA) is 0 Å². The standard InChI is InChI=1S/C7H10SSi/c8-6-4-2-1-3-5-7(6)9/h1,3,5H,2,4H2,9H3. The lowest BCUT2D eigenvalue weighted by Crippen LogP contribution is -1.96. The third-order valence-corrected chi connectivity index (χ3v) is 3.29. The molecule has 0 amide bonds. The molecule has 2 heteroatoms. The molecule has 0 radical (unpaired) electrons. The maximum Gasteiger partial charge on any atom is 0.0399 e. The van der Waals surface area contributed by atoms with Crippen molar-refractivity contribution in [3.63, 3.8) is 0 Å². The zero-order valence-corrected chi connectivity index (χ0v) is 8.37. The van der Waals surface area contributed by atoms with Crippen molar-refractivity contribution >= 4 is 27.3 Å². The van der Waals surface area contributed by atoms with E-state index in [9.17, 15) is 0 Å². The van der Waals surface area contributed by atoms with Gasteiger partial charge in [0.15, 0.2) is 0 Å². The van der Waals surface area contributed by atoms with Crippen molar-refractivity contribution in [3.05, 3.63) is 23.4 Å². The Morgan fingerprint density at radius 1 is 1.56 bits per heavy atom. The molecule has 0 spiro atoms. The third kappa shape index (κ3) is 1.88. The first kappa shape index (κ1) is 6.90. The van der Waals surface area contributed by atoms with E-state index in [2.05, 4.69) is 18.2 Å². The molecule has 0 nitrogen and oxygen atoms in total. The van der Waals surface area contributed by atoms with Gasteiger partial charge in [-0.2, -0.15) is 0 Å². The second kappa shape index (κ2) is 3.08. The van der Waals surface area contributed by atoms with Crippen LogP contribution in [0.15, 0.2) is 23.4 Å². The molecule has 0 unspecified atom stereocenters. The van der Waals surface area contributed by atoms with E-state index in [4.69, 9.17) is 12.2 Å². The van der Waals surface area contributed by atoms with Gasteiger partial charge in [-0.3, -0.25) is 0 Å². The first-order valence-electron chi connectivity index (χ1n) is 3.17. The lowest BCUT2D eigenvalue weighted by molar-refractivity contribution is 1.12. The highest BCUT2D eigenvalue weighted by atomic mass is 32.1. The van der Waals surface area contributed by atoms with E-state index in [1.54, 1.807) is 0 Å². The summed E-state index contributed by atoms with van der Waals surface area (Å²) in [5.74, 6) is 0. The van der Waals surface area contributed by atoms with E-state index in [1.807, 2.05) is 0 Å². The van der Waals surface area contributed by atoms with Crippen molar-refractivity contribution in [2.24, 2.45) is 0 Å². The highest BCUT2D eigenvalue weighted by Crippen LogP contribution is 2.06. The van der Waals surface area contributed by atoms with Crippen LogP contribution in [0.1, 0.15) is 12.8 Å². The van der Waals surface area contributed by atoms with Gasteiger partial charge >= 0.3 is 0 Å². The maximum absolute atomic E-state index is 5.14. The average Bonchev–Trinajstić information content (AvgIpc) is 1.99. The summed E-state index contributed by atoms with van der Waals surface area (Å²) in [5, 5.41) is 1.39. The van der Waals surface area contributed by atoms with Gasteiger partial charge in [0.2, 0.25) is 0 Å². The highest BCUT2D eigenvalue weighted by Gasteiger charge is 1.98. The van der Waals surface area contributed by atoms with Crippen molar-refractivity contribution in [1.82, 2.24) is 0 Å². The van der Waals surface area contributed by atoms with Crippen LogP contribution in [-0.4, -0.2) is 15.1 Å². The first-order chi connectivity index (χ1) is 4.30. The Morgan fingerprint density at radius 3 is 3.11 bits per heavy atom. The monoisotopic (exact) mass is 154 g/mol. The molecule has 1 aliphatic rings. The molecule has 1 rings (SSSR count). The summed E-state index contributed by atoms with van der Waals surface area (Å²) >= 11 is 5.14. The molecule has 0 bridgehead atoms. The van der Waals surface area contributed by atoms with Gasteiger partial charge < -0.3 is 0 Å². The molecule has 9 heavy (non-hydrogen) atoms. The molecule has 0 N–H and O–H groups in total. The molecule has 0 heterocycles. The fourth-order valence-electron chi connectivity index (χ4n) is 0.813. The summed E-state index contributed by atoms with van der Waals surface area (Å²) < 4.78 is 0. The molecule has 1 aliphatic carbocycles. The van der Waals surface area contributed by atoms with Gasteiger partial charge in [0.1, 0.15) is 0 Å². The summed E-state index contributed by atoms with van der Waals surface area (Å²) in [6.45, 7) is 0. The molecule has 0 aromatic heterocycles. The molecule has 0 aliphatic heterocycles. The van der Waals surface area contributed by atoms with Crippen LogP contribution in [0.2, 0.25) is 0 Å². The maximum atomic E-state index is 5.14. The molecule has 0 fully saturated rings. The molecule has 0 atom stereocenters. The summed E-state index contributed by atoms with van der Waals surface area (Å²) in [5.41, 5.74) is 0. The molecule has 0 aromatic rings. The van der Waals surface area contributed by atoms with Crippen LogP contribution in [0.25, 0.3) is 0 Å². The van der Waals surface area contributed by atoms with E-state index in [0.717, 1.165) is 23.1 Å². The summed E-state index contributed by atoms with van der Waals surface area (Å²) in [4.78, 5) is 1.17. The van der Waals surface area contributed by atoms with Gasteiger partial charge in [0, 0.05) is 15.1 Å². The molecule has 0 saturated carbocycles. The summed E-state index contributed by atoms with van der Waals surface area (Å²) in [6, 6.07) is 0. The van der Waals surface area contributed by atoms with Gasteiger partial charge in [0.25, 0.3) is 0 Å². The van der Waals surface area contributed by atoms with Crippen LogP contribution in [0.4, 0.5) is 0 Å². The lowest BCUT2D eigenvalue weighted by Gasteiger charge is -1.96. The van der Waals surface area contributed by atoms with E-state index < -0.39 is 0 Å². The summed E-state index contributed by atoms with van der Waals surface area (Å²) in [7, 11) is 1.10. The quantitative estimate of drug-likeness (QED) is 0.370. The zero-order valence-electron chi connectivity index (χ0n) is 5.55. The Kier molecular flexibility index (Phi) is 2.36. The van der Waals surface area contributed by atoms with Crippen LogP contribution >= 0.6 is 12.2 Å². The Hall–Kier alpha value is -0.213. The highest BCUT2D eigenvalue weighted by molar-refractivity contribution is 7.81. The molecule has 0 aromatic carbocycles. The van der Waals surface area contributed by atoms with E-state index in [1.165, 1.54) is 10.1 Å². The zero-order chi connectivity index (χ0) is 6.69. The van der Waals surface area contributed by atoms with Crippen molar-refractivity contribution in [2.45, 2.75) is 12.8 Å². The average molecular weight is 154 g/mol. The minimum absolute atomic E-state index is 1.08. The normalized spacial score (nSPS) is 19.6. The summed E-state index contributed by atoms with van der Waals surface area (Å²) in [6.07, 6.45) is 8.64. The SMILES string of the molecule is [SiH3]C1=CC=CCCC1=S. The van der Waals surface area contributed by atoms with Crippen molar-refractivity contribution < 1.29 is 0 Å². The van der Waals surface area contributed by atoms with Crippen LogP contribution < -0.4 is 0 Å². The molecule has 48 valence electrons. The Bertz CT molecular complexity index is 179. The van der Waals surface area contributed by atoms with Crippen LogP contribution in [0.3, 0.4) is 0 Å². The number of allylic oxidation sites excluding steroid dienone is 4. The van der Waals surface area contributed by atoms with E-state index in [-0.39, 0.29) is 0 Å². The largest absolute Gasteiger partial charge is 0.0851 e. The third-order valence-electron chi connectivity index (χ3n) is 1.46. The van der Waals surface area contributed by atoms with Gasteiger partial charge in [-0.05, 0) is 12.8 Å². The van der Waals surface area contributed by atoms with Crippen molar-refractivity contribution in [1.29, 1.82) is 0 Å². The first-order valence-corrected chi connectivity index (χ1v) is 4.58. The predicted molar refractivity (Wildman–Crippen MR) is 49.0 cm³/mol. The fourth-order valence-corrected chi connectivity index (χ4v) is 1.44. The number of hydrogen-bond donors (Lipinski definition) is 0. The molecular formula is C7H10SSi. The second-order valence-corrected chi connectivity index (χ2v) is 3.81. The number of hydrogen-bond acceptors (Lipinski definition) is 1. The number of rotatable bonds is 0. The van der Waals surface area contributed by atoms with Crippen molar-refractivity contribution in [2.75, 3.05) is 0 Å². The molecular weight excluding hydrogens is 144 g/mol. The van der Waals surface area contributed by atoms with Gasteiger partial charge in [-0.15, -0.1) is 0 Å². The minimum atomic E-state index is 1.08. The lowest BCUT2D eigenvalue weighted by atomic mass is 10.2. The van der Waals surface area contributed by atoms with Crippen molar-refractivity contribution in [3.8, 4) is 0 Å². The Balaban J connectivity index is 2.74. The smallest absolute Gasteiger partial charge is 0.0399 e. The Labute approximate surface area is 64.1 Å². The van der Waals surface area contributed by atoms with E-state index in [0.29, 0.717) is 0 Å². The Morgan fingerprint density at radius 2 is 2.33 bits per heavy atom. The fraction of sp³-hybridized carbons (Fsp3) is 0.286. The van der Waals surface area contributed by atoms with Gasteiger partial charge in [0.05, 0.1) is 0 Å². The van der Waals surface area contributed by atoms with Gasteiger partial charge in [-0.1, -0.05) is 35.6 Å². The second-order valence-electron chi connectivity index (χ2n) is 2.24.